The highest BCUT2D eigenvalue weighted by Gasteiger charge is 2.14. The highest BCUT2D eigenvalue weighted by Crippen LogP contribution is 2.31. The molecule has 124 valence electrons. The van der Waals surface area contributed by atoms with Crippen LogP contribution in [0, 0.1) is 0 Å². The van der Waals surface area contributed by atoms with Crippen LogP contribution in [-0.4, -0.2) is 9.97 Å². The fourth-order valence-corrected chi connectivity index (χ4v) is 4.37. The smallest absolute Gasteiger partial charge is 0.0465 e. The zero-order valence-electron chi connectivity index (χ0n) is 14.3. The largest absolute Gasteiger partial charge is 0.355 e. The molecule has 2 N–H and O–H groups in total. The van der Waals surface area contributed by atoms with Gasteiger partial charge in [0.1, 0.15) is 0 Å². The summed E-state index contributed by atoms with van der Waals surface area (Å²) in [7, 11) is 0. The number of hydrogen-bond acceptors (Lipinski definition) is 0. The maximum Gasteiger partial charge on any atom is 0.0465 e. The van der Waals surface area contributed by atoms with Crippen molar-refractivity contribution in [2.24, 2.45) is 0 Å². The Morgan fingerprint density at radius 3 is 2.31 bits per heavy atom. The second-order valence-electron chi connectivity index (χ2n) is 7.19. The third kappa shape index (κ3) is 1.93. The van der Waals surface area contributed by atoms with Gasteiger partial charge in [0.15, 0.2) is 0 Å². The quantitative estimate of drug-likeness (QED) is 0.451. The third-order valence-corrected chi connectivity index (χ3v) is 5.68. The van der Waals surface area contributed by atoms with Gasteiger partial charge >= 0.3 is 0 Å². The first-order chi connectivity index (χ1) is 12.9. The Hall–Kier alpha value is -3.26. The monoisotopic (exact) mass is 334 g/mol. The molecule has 5 aromatic rings. The van der Waals surface area contributed by atoms with Gasteiger partial charge in [-0.1, -0.05) is 54.6 Å². The summed E-state index contributed by atoms with van der Waals surface area (Å²) in [5, 5.41) is 6.54. The molecule has 0 amide bonds. The number of aromatic amines is 2. The van der Waals surface area contributed by atoms with Gasteiger partial charge in [0, 0.05) is 49.2 Å². The van der Waals surface area contributed by atoms with E-state index in [2.05, 4.69) is 88.9 Å². The van der Waals surface area contributed by atoms with E-state index in [0.717, 1.165) is 6.42 Å². The van der Waals surface area contributed by atoms with Crippen LogP contribution in [0.3, 0.4) is 0 Å². The Labute approximate surface area is 150 Å². The van der Waals surface area contributed by atoms with Crippen LogP contribution in [0.2, 0.25) is 0 Å². The predicted octanol–water partition coefficient (Wildman–Crippen LogP) is 4.55. The molecular formula is C24H18N2. The van der Waals surface area contributed by atoms with Gasteiger partial charge in [0.05, 0.1) is 0 Å². The van der Waals surface area contributed by atoms with Crippen LogP contribution >= 0.6 is 0 Å². The predicted molar refractivity (Wildman–Crippen MR) is 110 cm³/mol. The average Bonchev–Trinajstić information content (AvgIpc) is 3.25. The number of fused-ring (bicyclic) bond motifs is 6. The Kier molecular flexibility index (Phi) is 2.75. The van der Waals surface area contributed by atoms with Crippen molar-refractivity contribution in [3.8, 4) is 0 Å². The lowest BCUT2D eigenvalue weighted by atomic mass is 9.90. The van der Waals surface area contributed by atoms with Gasteiger partial charge in [-0.2, -0.15) is 0 Å². The van der Waals surface area contributed by atoms with Crippen molar-refractivity contribution in [2.45, 2.75) is 12.3 Å². The maximum atomic E-state index is 3.55. The molecule has 1 aliphatic rings. The molecule has 3 aromatic carbocycles. The van der Waals surface area contributed by atoms with Gasteiger partial charge < -0.3 is 9.97 Å². The van der Waals surface area contributed by atoms with Gasteiger partial charge in [-0.3, -0.25) is 0 Å². The summed E-state index contributed by atoms with van der Waals surface area (Å²) in [5.41, 5.74) is 5.02. The van der Waals surface area contributed by atoms with Gasteiger partial charge in [-0.05, 0) is 36.2 Å². The summed E-state index contributed by atoms with van der Waals surface area (Å²) in [5.74, 6) is 0.416. The lowest BCUT2D eigenvalue weighted by Crippen LogP contribution is -2.27. The summed E-state index contributed by atoms with van der Waals surface area (Å²) in [6.07, 6.45) is 5.82. The van der Waals surface area contributed by atoms with Crippen molar-refractivity contribution in [3.05, 3.63) is 82.9 Å². The summed E-state index contributed by atoms with van der Waals surface area (Å²) < 4.78 is 0. The Morgan fingerprint density at radius 2 is 1.42 bits per heavy atom. The van der Waals surface area contributed by atoms with Crippen LogP contribution in [0.5, 0.6) is 0 Å². The normalized spacial score (nSPS) is 16.5. The van der Waals surface area contributed by atoms with Crippen LogP contribution in [0.1, 0.15) is 17.9 Å². The Morgan fingerprint density at radius 1 is 0.692 bits per heavy atom. The lowest BCUT2D eigenvalue weighted by Gasteiger charge is -2.13. The van der Waals surface area contributed by atoms with Crippen molar-refractivity contribution >= 4 is 44.9 Å². The molecule has 1 unspecified atom stereocenters. The minimum absolute atomic E-state index is 0.416. The van der Waals surface area contributed by atoms with Gasteiger partial charge in [0.2, 0.25) is 0 Å². The van der Waals surface area contributed by atoms with Crippen LogP contribution < -0.4 is 10.6 Å². The number of hydrogen-bond donors (Lipinski definition) is 2. The van der Waals surface area contributed by atoms with Crippen LogP contribution in [0.15, 0.2) is 66.7 Å². The summed E-state index contributed by atoms with van der Waals surface area (Å²) in [6, 6.07) is 24.0. The molecule has 2 nitrogen and oxygen atoms in total. The molecule has 1 aliphatic carbocycles. The van der Waals surface area contributed by atoms with Gasteiger partial charge in [-0.15, -0.1) is 0 Å². The zero-order valence-corrected chi connectivity index (χ0v) is 14.3. The van der Waals surface area contributed by atoms with E-state index in [0.29, 0.717) is 5.92 Å². The molecule has 0 fully saturated rings. The molecule has 0 saturated heterocycles. The van der Waals surface area contributed by atoms with Crippen molar-refractivity contribution in [1.82, 2.24) is 9.97 Å². The molecule has 2 aromatic heterocycles. The molecule has 6 rings (SSSR count). The van der Waals surface area contributed by atoms with E-state index in [1.54, 1.807) is 0 Å². The molecule has 0 radical (unpaired) electrons. The van der Waals surface area contributed by atoms with E-state index in [1.165, 1.54) is 48.8 Å². The minimum atomic E-state index is 0.416. The fourth-order valence-electron chi connectivity index (χ4n) is 4.37. The molecule has 2 heteroatoms. The zero-order chi connectivity index (χ0) is 17.1. The van der Waals surface area contributed by atoms with E-state index in [1.807, 2.05) is 0 Å². The number of aromatic nitrogens is 2. The fraction of sp³-hybridized carbons (Fsp3) is 0.0833. The van der Waals surface area contributed by atoms with E-state index < -0.39 is 0 Å². The summed E-state index contributed by atoms with van der Waals surface area (Å²) in [6.45, 7) is 0. The van der Waals surface area contributed by atoms with Gasteiger partial charge in [-0.25, -0.2) is 0 Å². The molecular weight excluding hydrogens is 316 g/mol. The highest BCUT2D eigenvalue weighted by molar-refractivity contribution is 6.07. The van der Waals surface area contributed by atoms with Crippen molar-refractivity contribution in [1.29, 1.82) is 0 Å². The summed E-state index contributed by atoms with van der Waals surface area (Å²) >= 11 is 0. The Bertz CT molecular complexity index is 1420. The van der Waals surface area contributed by atoms with E-state index in [9.17, 15) is 0 Å². The molecule has 0 aliphatic heterocycles. The standard InChI is InChI=1S/C24H18N2/c1-3-7-21-17(5-1)19-13-15(9-11-23(19)25-21)16-10-12-24-20(14-16)18-6-2-4-8-22(18)26-24/h1-9,11-14,16,25-26H,10H2. The van der Waals surface area contributed by atoms with E-state index >= 15 is 0 Å². The molecule has 26 heavy (non-hydrogen) atoms. The SMILES string of the molecule is C1=c2[nH]c3ccccc3c2=CC(c2ccc3[nH]c4ccccc4c3c2)C1. The highest BCUT2D eigenvalue weighted by atomic mass is 14.7. The first-order valence-corrected chi connectivity index (χ1v) is 9.16. The number of nitrogens with one attached hydrogen (secondary N) is 2. The van der Waals surface area contributed by atoms with E-state index in [4.69, 9.17) is 0 Å². The lowest BCUT2D eigenvalue weighted by molar-refractivity contribution is 0.921. The molecule has 0 bridgehead atoms. The maximum absolute atomic E-state index is 3.55. The number of para-hydroxylation sites is 2. The number of benzene rings is 3. The van der Waals surface area contributed by atoms with Crippen LogP contribution in [0.4, 0.5) is 0 Å². The van der Waals surface area contributed by atoms with E-state index in [-0.39, 0.29) is 0 Å². The van der Waals surface area contributed by atoms with Crippen molar-refractivity contribution < 1.29 is 0 Å². The minimum Gasteiger partial charge on any atom is -0.355 e. The third-order valence-electron chi connectivity index (χ3n) is 5.68. The van der Waals surface area contributed by atoms with Crippen LogP contribution in [-0.2, 0) is 0 Å². The molecule has 1 atom stereocenters. The van der Waals surface area contributed by atoms with Crippen LogP contribution in [0.25, 0.3) is 44.9 Å². The first-order valence-electron chi connectivity index (χ1n) is 9.16. The summed E-state index contributed by atoms with van der Waals surface area (Å²) in [4.78, 5) is 7.07. The molecule has 2 heterocycles. The van der Waals surface area contributed by atoms with Crippen molar-refractivity contribution in [3.63, 3.8) is 0 Å². The van der Waals surface area contributed by atoms with Gasteiger partial charge in [0.25, 0.3) is 0 Å². The number of H-pyrrole nitrogens is 2. The molecule has 0 saturated carbocycles. The topological polar surface area (TPSA) is 31.6 Å². The van der Waals surface area contributed by atoms with Crippen molar-refractivity contribution in [2.75, 3.05) is 0 Å². The first kappa shape index (κ1) is 14.0. The average molecular weight is 334 g/mol. The second-order valence-corrected chi connectivity index (χ2v) is 7.19. The Balaban J connectivity index is 1.56. The molecule has 0 spiro atoms. The number of rotatable bonds is 1. The second kappa shape index (κ2) is 5.12.